The Kier molecular flexibility index (Phi) is 10.7. The van der Waals surface area contributed by atoms with Crippen LogP contribution >= 0.6 is 23.7 Å². The molecule has 0 radical (unpaired) electrons. The van der Waals surface area contributed by atoms with Crippen LogP contribution in [0.15, 0.2) is 6.07 Å². The zero-order valence-electron chi connectivity index (χ0n) is 13.4. The van der Waals surface area contributed by atoms with Gasteiger partial charge in [0.05, 0.1) is 0 Å². The number of hydrogen-bond donors (Lipinski definition) is 2. The number of aryl methyl sites for hydroxylation is 3. The number of nitrogens with one attached hydrogen (secondary N) is 1. The summed E-state index contributed by atoms with van der Waals surface area (Å²) in [6, 6.07) is 2.38. The zero-order chi connectivity index (χ0) is 15.0. The van der Waals surface area contributed by atoms with Crippen molar-refractivity contribution in [1.82, 2.24) is 5.32 Å². The first-order valence-corrected chi connectivity index (χ1v) is 8.43. The maximum atomic E-state index is 11.9. The van der Waals surface area contributed by atoms with Gasteiger partial charge >= 0.3 is 0 Å². The van der Waals surface area contributed by atoms with Gasteiger partial charge in [-0.2, -0.15) is 0 Å². The molecule has 1 rings (SSSR count). The van der Waals surface area contributed by atoms with Crippen LogP contribution in [0.3, 0.4) is 0 Å². The Morgan fingerprint density at radius 2 is 2.10 bits per heavy atom. The molecular weight excluding hydrogens is 304 g/mol. The Bertz CT molecular complexity index is 420. The first kappa shape index (κ1) is 20.4. The largest absolute Gasteiger partial charge is 0.352 e. The van der Waals surface area contributed by atoms with Crippen LogP contribution in [-0.2, 0) is 11.2 Å². The smallest absolute Gasteiger partial charge is 0.220 e. The van der Waals surface area contributed by atoms with Crippen LogP contribution in [0.4, 0.5) is 0 Å². The fourth-order valence-electron chi connectivity index (χ4n) is 2.37. The van der Waals surface area contributed by atoms with Crippen LogP contribution in [0.2, 0.25) is 0 Å². The predicted molar refractivity (Wildman–Crippen MR) is 94.5 cm³/mol. The van der Waals surface area contributed by atoms with Gasteiger partial charge in [-0.1, -0.05) is 19.8 Å². The van der Waals surface area contributed by atoms with Gasteiger partial charge in [-0.15, -0.1) is 23.7 Å². The van der Waals surface area contributed by atoms with Crippen molar-refractivity contribution < 1.29 is 4.79 Å². The molecule has 122 valence electrons. The van der Waals surface area contributed by atoms with E-state index in [0.29, 0.717) is 13.0 Å². The molecule has 0 fully saturated rings. The van der Waals surface area contributed by atoms with Gasteiger partial charge < -0.3 is 11.1 Å². The summed E-state index contributed by atoms with van der Waals surface area (Å²) >= 11 is 1.83. The Hall–Kier alpha value is -0.580. The van der Waals surface area contributed by atoms with Crippen LogP contribution < -0.4 is 11.1 Å². The summed E-state index contributed by atoms with van der Waals surface area (Å²) in [6.07, 6.45) is 5.75. The van der Waals surface area contributed by atoms with Gasteiger partial charge in [0.1, 0.15) is 0 Å². The Morgan fingerprint density at radius 1 is 1.38 bits per heavy atom. The Labute approximate surface area is 139 Å². The minimum absolute atomic E-state index is 0. The van der Waals surface area contributed by atoms with Crippen LogP contribution in [-0.4, -0.2) is 18.5 Å². The topological polar surface area (TPSA) is 55.1 Å². The monoisotopic (exact) mass is 332 g/mol. The molecule has 3 N–H and O–H groups in total. The van der Waals surface area contributed by atoms with E-state index < -0.39 is 0 Å². The Balaban J connectivity index is 0.00000400. The summed E-state index contributed by atoms with van der Waals surface area (Å²) in [5, 5.41) is 3.05. The van der Waals surface area contributed by atoms with Crippen molar-refractivity contribution in [3.05, 3.63) is 21.4 Å². The third-order valence-corrected chi connectivity index (χ3v) is 4.56. The van der Waals surface area contributed by atoms with Crippen molar-refractivity contribution in [2.75, 3.05) is 6.54 Å². The van der Waals surface area contributed by atoms with Crippen LogP contribution in [0.1, 0.15) is 54.3 Å². The number of amides is 1. The van der Waals surface area contributed by atoms with Gasteiger partial charge in [-0.25, -0.2) is 0 Å². The molecule has 0 aliphatic heterocycles. The summed E-state index contributed by atoms with van der Waals surface area (Å²) in [6.45, 7) is 6.98. The molecule has 1 aromatic rings. The van der Waals surface area contributed by atoms with Crippen molar-refractivity contribution in [3.8, 4) is 0 Å². The third kappa shape index (κ3) is 7.84. The zero-order valence-corrected chi connectivity index (χ0v) is 15.0. The highest BCUT2D eigenvalue weighted by Gasteiger charge is 2.10. The summed E-state index contributed by atoms with van der Waals surface area (Å²) in [4.78, 5) is 14.6. The summed E-state index contributed by atoms with van der Waals surface area (Å²) < 4.78 is 0. The van der Waals surface area contributed by atoms with E-state index in [2.05, 4.69) is 32.2 Å². The van der Waals surface area contributed by atoms with Crippen LogP contribution in [0.25, 0.3) is 0 Å². The molecule has 0 aliphatic rings. The molecule has 0 spiro atoms. The lowest BCUT2D eigenvalue weighted by Gasteiger charge is -2.16. The fourth-order valence-corrected chi connectivity index (χ4v) is 3.35. The molecule has 0 saturated carbocycles. The lowest BCUT2D eigenvalue weighted by molar-refractivity contribution is -0.121. The third-order valence-electron chi connectivity index (χ3n) is 3.55. The number of hydrogen-bond acceptors (Lipinski definition) is 3. The molecule has 0 saturated heterocycles. The first-order chi connectivity index (χ1) is 9.56. The predicted octanol–water partition coefficient (Wildman–Crippen LogP) is 3.74. The van der Waals surface area contributed by atoms with E-state index in [-0.39, 0.29) is 24.4 Å². The fraction of sp³-hybridized carbons (Fsp3) is 0.688. The number of carbonyl (C=O) groups is 1. The van der Waals surface area contributed by atoms with Gasteiger partial charge in [0.2, 0.25) is 5.91 Å². The van der Waals surface area contributed by atoms with Gasteiger partial charge in [-0.3, -0.25) is 4.79 Å². The standard InChI is InChI=1S/C16H28N2OS.ClH/c1-4-5-8-15(11-17)18-16(19)9-6-7-14-10-12(2)20-13(14)3;/h10,15H,4-9,11,17H2,1-3H3,(H,18,19);1H. The van der Waals surface area contributed by atoms with E-state index in [1.54, 1.807) is 0 Å². The van der Waals surface area contributed by atoms with Crippen molar-refractivity contribution in [1.29, 1.82) is 0 Å². The van der Waals surface area contributed by atoms with E-state index in [1.807, 2.05) is 11.3 Å². The highest BCUT2D eigenvalue weighted by molar-refractivity contribution is 7.12. The van der Waals surface area contributed by atoms with E-state index in [9.17, 15) is 4.79 Å². The molecule has 1 heterocycles. The number of nitrogens with two attached hydrogens (primary N) is 1. The lowest BCUT2D eigenvalue weighted by Crippen LogP contribution is -2.40. The average Bonchev–Trinajstić information content (AvgIpc) is 2.73. The maximum Gasteiger partial charge on any atom is 0.220 e. The average molecular weight is 333 g/mol. The summed E-state index contributed by atoms with van der Waals surface area (Å²) in [5.41, 5.74) is 7.08. The molecule has 0 bridgehead atoms. The molecule has 0 aromatic carbocycles. The molecule has 3 nitrogen and oxygen atoms in total. The lowest BCUT2D eigenvalue weighted by atomic mass is 10.1. The molecule has 21 heavy (non-hydrogen) atoms. The second-order valence-corrected chi connectivity index (χ2v) is 6.89. The van der Waals surface area contributed by atoms with Gasteiger partial charge in [-0.05, 0) is 44.7 Å². The highest BCUT2D eigenvalue weighted by Crippen LogP contribution is 2.22. The van der Waals surface area contributed by atoms with Crippen molar-refractivity contribution >= 4 is 29.7 Å². The van der Waals surface area contributed by atoms with Crippen LogP contribution in [0.5, 0.6) is 0 Å². The highest BCUT2D eigenvalue weighted by atomic mass is 35.5. The van der Waals surface area contributed by atoms with Gasteiger partial charge in [0.15, 0.2) is 0 Å². The quantitative estimate of drug-likeness (QED) is 0.723. The molecular formula is C16H29ClN2OS. The molecule has 1 amide bonds. The number of rotatable bonds is 9. The van der Waals surface area contributed by atoms with Crippen molar-refractivity contribution in [3.63, 3.8) is 0 Å². The SMILES string of the molecule is CCCCC(CN)NC(=O)CCCc1cc(C)sc1C.Cl. The van der Waals surface area contributed by atoms with E-state index in [1.165, 1.54) is 15.3 Å². The minimum atomic E-state index is 0. The van der Waals surface area contributed by atoms with E-state index in [0.717, 1.165) is 32.1 Å². The van der Waals surface area contributed by atoms with Gasteiger partial charge in [0, 0.05) is 28.8 Å². The normalized spacial score (nSPS) is 11.8. The summed E-state index contributed by atoms with van der Waals surface area (Å²) in [7, 11) is 0. The molecule has 1 atom stereocenters. The minimum Gasteiger partial charge on any atom is -0.352 e. The number of halogens is 1. The van der Waals surface area contributed by atoms with E-state index >= 15 is 0 Å². The van der Waals surface area contributed by atoms with E-state index in [4.69, 9.17) is 5.73 Å². The molecule has 1 aromatic heterocycles. The number of unbranched alkanes of at least 4 members (excludes halogenated alkanes) is 1. The first-order valence-electron chi connectivity index (χ1n) is 7.62. The molecule has 5 heteroatoms. The second-order valence-electron chi connectivity index (χ2n) is 5.43. The maximum absolute atomic E-state index is 11.9. The van der Waals surface area contributed by atoms with Crippen molar-refractivity contribution in [2.45, 2.75) is 65.3 Å². The number of thiophene rings is 1. The second kappa shape index (κ2) is 11.0. The molecule has 1 unspecified atom stereocenters. The van der Waals surface area contributed by atoms with Crippen molar-refractivity contribution in [2.24, 2.45) is 5.73 Å². The molecule has 0 aliphatic carbocycles. The Morgan fingerprint density at radius 3 is 2.62 bits per heavy atom. The summed E-state index contributed by atoms with van der Waals surface area (Å²) in [5.74, 6) is 0.140. The van der Waals surface area contributed by atoms with Gasteiger partial charge in [0.25, 0.3) is 0 Å². The number of carbonyl (C=O) groups excluding carboxylic acids is 1. The van der Waals surface area contributed by atoms with Crippen LogP contribution in [0, 0.1) is 13.8 Å².